The van der Waals surface area contributed by atoms with Gasteiger partial charge in [0.2, 0.25) is 11.8 Å². The van der Waals surface area contributed by atoms with Gasteiger partial charge in [-0.3, -0.25) is 14.4 Å². The van der Waals surface area contributed by atoms with E-state index in [2.05, 4.69) is 10.6 Å². The Bertz CT molecular complexity index is 1380. The Kier molecular flexibility index (Phi) is 12.0. The number of nitrogens with one attached hydrogen (secondary N) is 2. The van der Waals surface area contributed by atoms with E-state index in [4.69, 9.17) is 30.5 Å². The van der Waals surface area contributed by atoms with E-state index in [1.54, 1.807) is 31.2 Å². The first-order valence-corrected chi connectivity index (χ1v) is 15.7. The summed E-state index contributed by atoms with van der Waals surface area (Å²) in [6.45, 7) is 5.35. The van der Waals surface area contributed by atoms with Gasteiger partial charge in [-0.25, -0.2) is 4.79 Å². The first-order valence-electron chi connectivity index (χ1n) is 15.3. The zero-order valence-corrected chi connectivity index (χ0v) is 26.8. The standard InChI is InChI=1S/C34H41ClN2O8/c1-5-10-28-34(41)43-26(21(3)30-31(45-30)23-11-7-6-8-12-23)13-9-14-29(38)37-25(32(39)36-19-20(2)33(40)44-28)18-22-15-16-27(42-4)24(35)17-22/h6-9,11-12,14-17,20-21,25-26,28,30-31H,5,10,13,18-19H2,1-4H3,(H,36,39)(H,37,38)/b14-9+/t20-,21+,25?,26?,28+,30-,31-/m1/s1. The number of esters is 2. The zero-order valence-electron chi connectivity index (χ0n) is 26.0. The van der Waals surface area contributed by atoms with Crippen molar-refractivity contribution in [3.8, 4) is 5.75 Å². The van der Waals surface area contributed by atoms with Crippen LogP contribution in [0, 0.1) is 11.8 Å². The lowest BCUT2D eigenvalue weighted by Crippen LogP contribution is -2.49. The van der Waals surface area contributed by atoms with Crippen molar-refractivity contribution >= 4 is 35.4 Å². The first kappa shape index (κ1) is 34.0. The average Bonchev–Trinajstić information content (AvgIpc) is 3.83. The number of carbonyl (C=O) groups is 4. The predicted molar refractivity (Wildman–Crippen MR) is 167 cm³/mol. The number of benzene rings is 2. The molecule has 1 saturated heterocycles. The summed E-state index contributed by atoms with van der Waals surface area (Å²) in [6.07, 6.45) is 2.04. The van der Waals surface area contributed by atoms with Crippen LogP contribution in [0.15, 0.2) is 60.7 Å². The largest absolute Gasteiger partial charge is 0.495 e. The highest BCUT2D eigenvalue weighted by Crippen LogP contribution is 2.45. The van der Waals surface area contributed by atoms with Crippen LogP contribution >= 0.6 is 11.6 Å². The van der Waals surface area contributed by atoms with Gasteiger partial charge in [0.15, 0.2) is 6.10 Å². The normalized spacial score (nSPS) is 27.8. The predicted octanol–water partition coefficient (Wildman–Crippen LogP) is 4.49. The van der Waals surface area contributed by atoms with Crippen LogP contribution in [-0.4, -0.2) is 61.8 Å². The summed E-state index contributed by atoms with van der Waals surface area (Å²) in [6, 6.07) is 13.9. The van der Waals surface area contributed by atoms with Crippen molar-refractivity contribution in [1.82, 2.24) is 10.6 Å². The van der Waals surface area contributed by atoms with Gasteiger partial charge in [-0.1, -0.05) is 81.3 Å². The van der Waals surface area contributed by atoms with E-state index in [-0.39, 0.29) is 43.9 Å². The number of ether oxygens (including phenoxy) is 4. The number of rotatable bonds is 8. The van der Waals surface area contributed by atoms with Crippen LogP contribution in [0.25, 0.3) is 0 Å². The minimum atomic E-state index is -1.10. The average molecular weight is 641 g/mol. The number of cyclic esters (lactones) is 2. The van der Waals surface area contributed by atoms with Crippen molar-refractivity contribution in [2.24, 2.45) is 11.8 Å². The van der Waals surface area contributed by atoms with Crippen LogP contribution < -0.4 is 15.4 Å². The summed E-state index contributed by atoms with van der Waals surface area (Å²) in [5.74, 6) is -2.79. The molecule has 1 fully saturated rings. The number of amides is 2. The molecule has 0 radical (unpaired) electrons. The number of hydrogen-bond donors (Lipinski definition) is 2. The maximum Gasteiger partial charge on any atom is 0.347 e. The lowest BCUT2D eigenvalue weighted by Gasteiger charge is -2.26. The number of epoxide rings is 1. The molecule has 7 atom stereocenters. The third kappa shape index (κ3) is 9.31. The third-order valence-corrected chi connectivity index (χ3v) is 8.30. The van der Waals surface area contributed by atoms with Crippen LogP contribution in [0.3, 0.4) is 0 Å². The molecule has 0 bridgehead atoms. The van der Waals surface area contributed by atoms with E-state index in [0.717, 1.165) is 5.56 Å². The Morgan fingerprint density at radius 2 is 1.80 bits per heavy atom. The van der Waals surface area contributed by atoms with Crippen molar-refractivity contribution < 1.29 is 38.1 Å². The minimum Gasteiger partial charge on any atom is -0.495 e. The van der Waals surface area contributed by atoms with Crippen LogP contribution in [-0.2, 0) is 39.8 Å². The molecule has 2 N–H and O–H groups in total. The summed E-state index contributed by atoms with van der Waals surface area (Å²) >= 11 is 6.29. The summed E-state index contributed by atoms with van der Waals surface area (Å²) < 4.78 is 22.8. The van der Waals surface area contributed by atoms with Crippen molar-refractivity contribution in [3.63, 3.8) is 0 Å². The molecule has 2 heterocycles. The van der Waals surface area contributed by atoms with E-state index in [0.29, 0.717) is 22.8 Å². The maximum atomic E-state index is 13.3. The molecular formula is C34H41ClN2O8. The Balaban J connectivity index is 1.56. The molecule has 2 unspecified atom stereocenters. The van der Waals surface area contributed by atoms with E-state index in [1.807, 2.05) is 44.2 Å². The fourth-order valence-corrected chi connectivity index (χ4v) is 5.54. The number of hydrogen-bond acceptors (Lipinski definition) is 8. The highest BCUT2D eigenvalue weighted by molar-refractivity contribution is 6.32. The molecule has 4 rings (SSSR count). The van der Waals surface area contributed by atoms with Crippen LogP contribution in [0.1, 0.15) is 57.3 Å². The molecule has 11 heteroatoms. The van der Waals surface area contributed by atoms with Gasteiger partial charge in [0.25, 0.3) is 0 Å². The lowest BCUT2D eigenvalue weighted by molar-refractivity contribution is -0.175. The maximum absolute atomic E-state index is 13.3. The van der Waals surface area contributed by atoms with Gasteiger partial charge < -0.3 is 29.6 Å². The van der Waals surface area contributed by atoms with Gasteiger partial charge in [-0.05, 0) is 35.8 Å². The molecule has 0 saturated carbocycles. The Morgan fingerprint density at radius 1 is 1.04 bits per heavy atom. The van der Waals surface area contributed by atoms with E-state index < -0.39 is 47.9 Å². The van der Waals surface area contributed by atoms with Crippen LogP contribution in [0.4, 0.5) is 0 Å². The third-order valence-electron chi connectivity index (χ3n) is 8.01. The molecule has 2 amide bonds. The summed E-state index contributed by atoms with van der Waals surface area (Å²) in [4.78, 5) is 52.6. The van der Waals surface area contributed by atoms with Gasteiger partial charge in [-0.15, -0.1) is 0 Å². The van der Waals surface area contributed by atoms with Crippen LogP contribution in [0.2, 0.25) is 5.02 Å². The topological polar surface area (TPSA) is 133 Å². The molecule has 2 aliphatic rings. The fraction of sp³-hybridized carbons (Fsp3) is 0.471. The summed E-state index contributed by atoms with van der Waals surface area (Å²) in [5.41, 5.74) is 1.73. The van der Waals surface area contributed by atoms with Crippen molar-refractivity contribution in [2.45, 2.75) is 76.9 Å². The highest BCUT2D eigenvalue weighted by atomic mass is 35.5. The Hall–Kier alpha value is -3.89. The number of carbonyl (C=O) groups excluding carboxylic acids is 4. The summed E-state index contributed by atoms with van der Waals surface area (Å²) in [7, 11) is 1.50. The Morgan fingerprint density at radius 3 is 2.49 bits per heavy atom. The number of halogens is 1. The van der Waals surface area contributed by atoms with Crippen molar-refractivity contribution in [3.05, 3.63) is 76.8 Å². The van der Waals surface area contributed by atoms with E-state index in [1.165, 1.54) is 13.2 Å². The van der Waals surface area contributed by atoms with Crippen molar-refractivity contribution in [2.75, 3.05) is 13.7 Å². The monoisotopic (exact) mass is 640 g/mol. The molecule has 45 heavy (non-hydrogen) atoms. The first-order chi connectivity index (χ1) is 21.6. The van der Waals surface area contributed by atoms with Gasteiger partial charge in [0.1, 0.15) is 24.0 Å². The second-order valence-electron chi connectivity index (χ2n) is 11.5. The zero-order chi connectivity index (χ0) is 32.5. The van der Waals surface area contributed by atoms with E-state index >= 15 is 0 Å². The Labute approximate surface area is 268 Å². The highest BCUT2D eigenvalue weighted by Gasteiger charge is 2.47. The van der Waals surface area contributed by atoms with Gasteiger partial charge in [-0.2, -0.15) is 0 Å². The SMILES string of the molecule is CCC[C@@H]1OC(=O)[C@H](C)CNC(=O)C(Cc2ccc(OC)c(Cl)c2)NC(=O)/C=C/CC([C@H](C)[C@H]2O[C@@H]2c2ccccc2)OC1=O. The fourth-order valence-electron chi connectivity index (χ4n) is 5.26. The summed E-state index contributed by atoms with van der Waals surface area (Å²) in [5, 5.41) is 5.85. The lowest BCUT2D eigenvalue weighted by atomic mass is 9.93. The minimum absolute atomic E-state index is 0.0588. The molecule has 0 aliphatic carbocycles. The molecule has 2 aromatic rings. The molecule has 242 valence electrons. The second kappa shape index (κ2) is 15.9. The van der Waals surface area contributed by atoms with Gasteiger partial charge in [0, 0.05) is 25.3 Å². The molecule has 0 spiro atoms. The van der Waals surface area contributed by atoms with Crippen LogP contribution in [0.5, 0.6) is 5.75 Å². The van der Waals surface area contributed by atoms with Gasteiger partial charge >= 0.3 is 11.9 Å². The molecule has 0 aromatic heterocycles. The van der Waals surface area contributed by atoms with E-state index in [9.17, 15) is 19.2 Å². The molecular weight excluding hydrogens is 600 g/mol. The molecule has 2 aliphatic heterocycles. The van der Waals surface area contributed by atoms with Crippen molar-refractivity contribution in [1.29, 1.82) is 0 Å². The quantitative estimate of drug-likeness (QED) is 0.319. The smallest absolute Gasteiger partial charge is 0.347 e. The molecule has 10 nitrogen and oxygen atoms in total. The second-order valence-corrected chi connectivity index (χ2v) is 11.9. The van der Waals surface area contributed by atoms with Gasteiger partial charge in [0.05, 0.1) is 24.2 Å². The number of methoxy groups -OCH3 is 1. The molecule has 2 aromatic carbocycles.